The van der Waals surface area contributed by atoms with Crippen LogP contribution in [0.15, 0.2) is 0 Å². The van der Waals surface area contributed by atoms with E-state index in [2.05, 4.69) is 34.8 Å². The highest BCUT2D eigenvalue weighted by Crippen LogP contribution is 2.57. The summed E-state index contributed by atoms with van der Waals surface area (Å²) in [6.07, 6.45) is 0. The van der Waals surface area contributed by atoms with Crippen LogP contribution in [0.5, 0.6) is 0 Å². The predicted octanol–water partition coefficient (Wildman–Crippen LogP) is 3.52. The number of hydrogen-bond acceptors (Lipinski definition) is 2. The summed E-state index contributed by atoms with van der Waals surface area (Å²) in [5.74, 6) is -6.39. The first-order valence-corrected chi connectivity index (χ1v) is 5.66. The van der Waals surface area contributed by atoms with Crippen LogP contribution in [0.1, 0.15) is 0 Å². The van der Waals surface area contributed by atoms with Gasteiger partial charge in [-0.2, -0.15) is 30.4 Å². The Labute approximate surface area is 105 Å². The average Bonchev–Trinajstić information content (AvgIpc) is 1.98. The lowest BCUT2D eigenvalue weighted by Crippen LogP contribution is -2.61. The van der Waals surface area contributed by atoms with E-state index in [-0.39, 0.29) is 0 Å². The fourth-order valence-electron chi connectivity index (χ4n) is 0.514. The lowest BCUT2D eigenvalue weighted by atomic mass is 10.2. The Hall–Kier alpha value is 0.330. The van der Waals surface area contributed by atoms with Crippen molar-refractivity contribution < 1.29 is 38.6 Å². The van der Waals surface area contributed by atoms with E-state index in [4.69, 9.17) is 0 Å². The van der Waals surface area contributed by atoms with E-state index >= 15 is 0 Å². The Morgan fingerprint density at radius 3 is 1.29 bits per heavy atom. The molecule has 0 saturated carbocycles. The fourth-order valence-corrected chi connectivity index (χ4v) is 1.44. The quantitative estimate of drug-likeness (QED) is 0.441. The van der Waals surface area contributed by atoms with Crippen LogP contribution in [0, 0.1) is 0 Å². The van der Waals surface area contributed by atoms with Crippen LogP contribution in [0.3, 0.4) is 0 Å². The van der Waals surface area contributed by atoms with Gasteiger partial charge in [-0.25, -0.2) is 4.39 Å². The second-order valence-corrected chi connectivity index (χ2v) is 5.78. The summed E-state index contributed by atoms with van der Waals surface area (Å²) < 4.78 is 101. The highest BCUT2D eigenvalue weighted by molar-refractivity contribution is 7.89. The first kappa shape index (κ1) is 17.3. The molecule has 0 spiro atoms. The normalized spacial score (nSPS) is 21.8. The van der Waals surface area contributed by atoms with E-state index in [1.54, 1.807) is 0 Å². The maximum absolute atomic E-state index is 12.8. The molecule has 0 aromatic rings. The van der Waals surface area contributed by atoms with E-state index in [0.717, 1.165) is 0 Å². The van der Waals surface area contributed by atoms with Gasteiger partial charge >= 0.3 is 31.1 Å². The number of halogens is 10. The Morgan fingerprint density at radius 1 is 0.824 bits per heavy atom. The van der Waals surface area contributed by atoms with Crippen molar-refractivity contribution in [2.45, 2.75) is 20.9 Å². The molecule has 0 radical (unpaired) electrons. The van der Waals surface area contributed by atoms with Crippen molar-refractivity contribution in [3.63, 3.8) is 0 Å². The van der Waals surface area contributed by atoms with Crippen molar-refractivity contribution >= 4 is 45.0 Å². The van der Waals surface area contributed by atoms with Gasteiger partial charge < -0.3 is 0 Å². The Kier molecular flexibility index (Phi) is 4.25. The third-order valence-electron chi connectivity index (χ3n) is 1.42. The number of hydrogen-bond donors (Lipinski definition) is 0. The standard InChI is InChI=1S/C4Cl3F7O2S/c5-1(8,3(6,11)12)2(9,10)4(7,13)17(14,15)16. The molecular formula is C4Cl3F7O2S. The molecule has 0 saturated heterocycles. The fraction of sp³-hybridized carbons (Fsp3) is 1.00. The van der Waals surface area contributed by atoms with Crippen LogP contribution in [0.4, 0.5) is 30.2 Å². The smallest absolute Gasteiger partial charge is 0.211 e. The Morgan fingerprint density at radius 2 is 1.12 bits per heavy atom. The van der Waals surface area contributed by atoms with E-state index in [1.807, 2.05) is 0 Å². The van der Waals surface area contributed by atoms with Crippen LogP contribution in [-0.2, 0) is 10.2 Å². The van der Waals surface area contributed by atoms with E-state index in [1.165, 1.54) is 0 Å². The summed E-state index contributed by atoms with van der Waals surface area (Å²) in [5, 5.41) is -11.4. The van der Waals surface area contributed by atoms with Gasteiger partial charge in [0.2, 0.25) is 0 Å². The van der Waals surface area contributed by atoms with Gasteiger partial charge in [0.15, 0.2) is 0 Å². The van der Waals surface area contributed by atoms with Crippen molar-refractivity contribution in [2.75, 3.05) is 0 Å². The molecule has 0 N–H and O–H groups in total. The summed E-state index contributed by atoms with van der Waals surface area (Å²) in [4.78, 5) is 0. The van der Waals surface area contributed by atoms with E-state index in [0.29, 0.717) is 0 Å². The molecule has 0 aromatic carbocycles. The first-order chi connectivity index (χ1) is 7.00. The SMILES string of the molecule is O=S(=O)(F)C(F)(Cl)C(F)(F)C(F)(Cl)C(F)(F)Cl. The minimum atomic E-state index is -6.97. The van der Waals surface area contributed by atoms with Crippen molar-refractivity contribution in [2.24, 2.45) is 0 Å². The second kappa shape index (κ2) is 4.17. The van der Waals surface area contributed by atoms with Gasteiger partial charge in [0.05, 0.1) is 0 Å². The topological polar surface area (TPSA) is 34.1 Å². The van der Waals surface area contributed by atoms with Gasteiger partial charge in [-0.1, -0.05) is 23.2 Å². The van der Waals surface area contributed by atoms with Gasteiger partial charge in [0.1, 0.15) is 0 Å². The number of rotatable bonds is 4. The van der Waals surface area contributed by atoms with Crippen LogP contribution in [0.25, 0.3) is 0 Å². The first-order valence-electron chi connectivity index (χ1n) is 3.14. The third kappa shape index (κ3) is 2.54. The molecule has 104 valence electrons. The molecule has 0 heterocycles. The van der Waals surface area contributed by atoms with Gasteiger partial charge in [0.25, 0.3) is 0 Å². The molecule has 2 nitrogen and oxygen atoms in total. The molecule has 17 heavy (non-hydrogen) atoms. The molecular weight excluding hydrogens is 351 g/mol. The van der Waals surface area contributed by atoms with Gasteiger partial charge in [0, 0.05) is 0 Å². The van der Waals surface area contributed by atoms with Crippen molar-refractivity contribution in [3.8, 4) is 0 Å². The maximum Gasteiger partial charge on any atom is 0.379 e. The van der Waals surface area contributed by atoms with Crippen molar-refractivity contribution in [1.29, 1.82) is 0 Å². The third-order valence-corrected chi connectivity index (χ3v) is 3.91. The Balaban J connectivity index is 5.91. The second-order valence-electron chi connectivity index (χ2n) is 2.60. The number of alkyl halides is 9. The van der Waals surface area contributed by atoms with Crippen molar-refractivity contribution in [3.05, 3.63) is 0 Å². The molecule has 0 bridgehead atoms. The molecule has 13 heteroatoms. The molecule has 0 aromatic heterocycles. The van der Waals surface area contributed by atoms with Gasteiger partial charge in [-0.3, -0.25) is 0 Å². The Bertz CT molecular complexity index is 400. The zero-order valence-corrected chi connectivity index (χ0v) is 10.1. The van der Waals surface area contributed by atoms with Crippen LogP contribution < -0.4 is 0 Å². The molecule has 0 amide bonds. The predicted molar refractivity (Wildman–Crippen MR) is 45.2 cm³/mol. The highest BCUT2D eigenvalue weighted by Gasteiger charge is 2.81. The monoisotopic (exact) mass is 350 g/mol. The lowest BCUT2D eigenvalue weighted by Gasteiger charge is -2.34. The average molecular weight is 351 g/mol. The summed E-state index contributed by atoms with van der Waals surface area (Å²) in [5.41, 5.74) is 0. The summed E-state index contributed by atoms with van der Waals surface area (Å²) in [6, 6.07) is 0. The minimum absolute atomic E-state index is 3.80. The maximum atomic E-state index is 12.8. The largest absolute Gasteiger partial charge is 0.379 e. The molecule has 2 unspecified atom stereocenters. The lowest BCUT2D eigenvalue weighted by molar-refractivity contribution is -0.195. The minimum Gasteiger partial charge on any atom is -0.211 e. The molecule has 0 rings (SSSR count). The molecule has 0 aliphatic carbocycles. The van der Waals surface area contributed by atoms with Crippen LogP contribution in [0.2, 0.25) is 0 Å². The highest BCUT2D eigenvalue weighted by atomic mass is 35.5. The zero-order chi connectivity index (χ0) is 14.5. The molecule has 0 aliphatic rings. The zero-order valence-electron chi connectivity index (χ0n) is 7.00. The van der Waals surface area contributed by atoms with Gasteiger partial charge in [-0.05, 0) is 11.6 Å². The molecule has 2 atom stereocenters. The van der Waals surface area contributed by atoms with Gasteiger partial charge in [-0.15, -0.1) is 3.89 Å². The van der Waals surface area contributed by atoms with Crippen LogP contribution >= 0.6 is 34.8 Å². The summed E-state index contributed by atoms with van der Waals surface area (Å²) in [6.45, 7) is 0. The summed E-state index contributed by atoms with van der Waals surface area (Å²) >= 11 is 11.6. The summed E-state index contributed by atoms with van der Waals surface area (Å²) in [7, 11) is -6.97. The van der Waals surface area contributed by atoms with E-state index in [9.17, 15) is 38.6 Å². The van der Waals surface area contributed by atoms with Crippen LogP contribution in [-0.4, -0.2) is 29.3 Å². The molecule has 0 fully saturated rings. The van der Waals surface area contributed by atoms with E-state index < -0.39 is 31.1 Å². The van der Waals surface area contributed by atoms with Crippen molar-refractivity contribution in [1.82, 2.24) is 0 Å². The molecule has 0 aliphatic heterocycles.